The van der Waals surface area contributed by atoms with Crippen LogP contribution in [0.2, 0.25) is 0 Å². The minimum absolute atomic E-state index is 0.0803. The van der Waals surface area contributed by atoms with Gasteiger partial charge in [0, 0.05) is 31.5 Å². The zero-order chi connectivity index (χ0) is 21.9. The van der Waals surface area contributed by atoms with Crippen molar-refractivity contribution in [2.75, 3.05) is 20.2 Å². The summed E-state index contributed by atoms with van der Waals surface area (Å²) in [5.74, 6) is -0.354. The second-order valence-corrected chi connectivity index (χ2v) is 8.41. The van der Waals surface area contributed by atoms with E-state index in [4.69, 9.17) is 22.1 Å². The molecule has 0 radical (unpaired) electrons. The van der Waals surface area contributed by atoms with E-state index in [0.29, 0.717) is 47.3 Å². The highest BCUT2D eigenvalue weighted by atomic mass is 32.2. The van der Waals surface area contributed by atoms with E-state index in [0.717, 1.165) is 18.4 Å². The molecule has 1 aliphatic heterocycles. The van der Waals surface area contributed by atoms with Gasteiger partial charge >= 0.3 is 5.97 Å². The molecule has 2 amide bonds. The molecule has 162 valence electrons. The first-order valence-electron chi connectivity index (χ1n) is 9.79. The Balaban J connectivity index is 1.75. The van der Waals surface area contributed by atoms with Crippen molar-refractivity contribution in [2.24, 2.45) is 0 Å². The Hall–Kier alpha value is -2.39. The van der Waals surface area contributed by atoms with Crippen molar-refractivity contribution in [3.8, 4) is 5.75 Å². The largest absolute Gasteiger partial charge is 0.496 e. The molecular weight excluding hydrogens is 424 g/mol. The fourth-order valence-corrected chi connectivity index (χ4v) is 4.21. The first-order valence-corrected chi connectivity index (χ1v) is 11.0. The van der Waals surface area contributed by atoms with Gasteiger partial charge in [-0.1, -0.05) is 48.6 Å². The first kappa shape index (κ1) is 23.9. The summed E-state index contributed by atoms with van der Waals surface area (Å²) < 4.78 is 5.80. The van der Waals surface area contributed by atoms with Crippen LogP contribution in [-0.2, 0) is 14.4 Å². The molecule has 0 unspecified atom stereocenters. The fourth-order valence-electron chi connectivity index (χ4n) is 2.91. The average Bonchev–Trinajstić information content (AvgIpc) is 2.98. The number of nitrogens with one attached hydrogen (secondary N) is 1. The van der Waals surface area contributed by atoms with E-state index >= 15 is 0 Å². The Morgan fingerprint density at radius 1 is 1.20 bits per heavy atom. The standard InChI is InChI=1S/C21H26N2O5S2/c1-28-16-9-5-4-8-15(16)14-17-20(27)23(21(29)30-17)13-7-10-18(24)22-12-6-2-3-11-19(25)26/h4-5,8-9,14H,2-3,6-7,10-13H2,1H3,(H,22,24)(H,25,26)/b17-14-. The van der Waals surface area contributed by atoms with Crippen LogP contribution in [0.5, 0.6) is 5.75 Å². The van der Waals surface area contributed by atoms with E-state index in [9.17, 15) is 14.4 Å². The van der Waals surface area contributed by atoms with E-state index in [1.54, 1.807) is 13.2 Å². The van der Waals surface area contributed by atoms with Crippen LogP contribution in [0.3, 0.4) is 0 Å². The molecule has 9 heteroatoms. The van der Waals surface area contributed by atoms with Gasteiger partial charge in [-0.2, -0.15) is 0 Å². The van der Waals surface area contributed by atoms with Gasteiger partial charge in [0.2, 0.25) is 5.91 Å². The fraction of sp³-hybridized carbons (Fsp3) is 0.429. The van der Waals surface area contributed by atoms with Gasteiger partial charge in [-0.3, -0.25) is 19.3 Å². The summed E-state index contributed by atoms with van der Waals surface area (Å²) in [5.41, 5.74) is 0.809. The number of benzene rings is 1. The summed E-state index contributed by atoms with van der Waals surface area (Å²) >= 11 is 6.58. The molecule has 1 aliphatic rings. The number of hydrogen-bond acceptors (Lipinski definition) is 6. The smallest absolute Gasteiger partial charge is 0.303 e. The number of amides is 2. The van der Waals surface area contributed by atoms with Crippen LogP contribution < -0.4 is 10.1 Å². The topological polar surface area (TPSA) is 95.9 Å². The molecular formula is C21H26N2O5S2. The van der Waals surface area contributed by atoms with E-state index in [-0.39, 0.29) is 18.2 Å². The molecule has 0 aliphatic carbocycles. The predicted molar refractivity (Wildman–Crippen MR) is 121 cm³/mol. The zero-order valence-electron chi connectivity index (χ0n) is 16.9. The normalized spacial score (nSPS) is 15.0. The summed E-state index contributed by atoms with van der Waals surface area (Å²) in [6.07, 6.45) is 4.88. The van der Waals surface area contributed by atoms with Crippen molar-refractivity contribution >= 4 is 52.2 Å². The molecule has 1 aromatic rings. The molecule has 0 saturated carbocycles. The maximum atomic E-state index is 12.7. The molecule has 30 heavy (non-hydrogen) atoms. The number of carbonyl (C=O) groups excluding carboxylic acids is 2. The Bertz CT molecular complexity index is 825. The SMILES string of the molecule is COc1ccccc1/C=C1\SC(=S)N(CCCC(=O)NCCCCCC(=O)O)C1=O. The van der Waals surface area contributed by atoms with Gasteiger partial charge in [0.1, 0.15) is 10.1 Å². The van der Waals surface area contributed by atoms with Crippen LogP contribution in [-0.4, -0.2) is 52.3 Å². The Kier molecular flexibility index (Phi) is 9.82. The monoisotopic (exact) mass is 450 g/mol. The van der Waals surface area contributed by atoms with Gasteiger partial charge in [-0.25, -0.2) is 0 Å². The molecule has 0 aromatic heterocycles. The summed E-state index contributed by atoms with van der Waals surface area (Å²) in [6.45, 7) is 0.918. The lowest BCUT2D eigenvalue weighted by atomic mass is 10.2. The number of aliphatic carboxylic acids is 1. The number of carboxylic acids is 1. The summed E-state index contributed by atoms with van der Waals surface area (Å²) in [4.78, 5) is 37.1. The highest BCUT2D eigenvalue weighted by Crippen LogP contribution is 2.34. The number of carbonyl (C=O) groups is 3. The van der Waals surface area contributed by atoms with Crippen molar-refractivity contribution in [1.29, 1.82) is 0 Å². The third-order valence-electron chi connectivity index (χ3n) is 4.47. The summed E-state index contributed by atoms with van der Waals surface area (Å²) in [7, 11) is 1.58. The molecule has 0 spiro atoms. The number of unbranched alkanes of at least 4 members (excludes halogenated alkanes) is 2. The third-order valence-corrected chi connectivity index (χ3v) is 5.85. The summed E-state index contributed by atoms with van der Waals surface area (Å²) in [5, 5.41) is 11.4. The third kappa shape index (κ3) is 7.46. The maximum absolute atomic E-state index is 12.7. The molecule has 1 saturated heterocycles. The van der Waals surface area contributed by atoms with Crippen LogP contribution in [0, 0.1) is 0 Å². The van der Waals surface area contributed by atoms with Gasteiger partial charge in [-0.05, 0) is 31.4 Å². The van der Waals surface area contributed by atoms with E-state index in [1.807, 2.05) is 24.3 Å². The van der Waals surface area contributed by atoms with E-state index in [1.165, 1.54) is 16.7 Å². The van der Waals surface area contributed by atoms with Crippen molar-refractivity contribution in [2.45, 2.75) is 38.5 Å². The van der Waals surface area contributed by atoms with Crippen molar-refractivity contribution in [1.82, 2.24) is 10.2 Å². The number of thiocarbonyl (C=S) groups is 1. The number of carboxylic acid groups (broad SMARTS) is 1. The Labute approximate surface area is 185 Å². The quantitative estimate of drug-likeness (QED) is 0.286. The molecule has 2 N–H and O–H groups in total. The van der Waals surface area contributed by atoms with Gasteiger partial charge in [0.25, 0.3) is 5.91 Å². The van der Waals surface area contributed by atoms with Gasteiger partial charge < -0.3 is 15.2 Å². The number of para-hydroxylation sites is 1. The molecule has 2 rings (SSSR count). The number of methoxy groups -OCH3 is 1. The van der Waals surface area contributed by atoms with E-state index < -0.39 is 5.97 Å². The maximum Gasteiger partial charge on any atom is 0.303 e. The number of hydrogen-bond donors (Lipinski definition) is 2. The van der Waals surface area contributed by atoms with E-state index in [2.05, 4.69) is 5.32 Å². The lowest BCUT2D eigenvalue weighted by molar-refractivity contribution is -0.137. The van der Waals surface area contributed by atoms with Crippen molar-refractivity contribution in [3.63, 3.8) is 0 Å². The van der Waals surface area contributed by atoms with Gasteiger partial charge in [-0.15, -0.1) is 0 Å². The highest BCUT2D eigenvalue weighted by molar-refractivity contribution is 8.26. The first-order chi connectivity index (χ1) is 14.4. The van der Waals surface area contributed by atoms with Crippen molar-refractivity contribution in [3.05, 3.63) is 34.7 Å². The molecule has 0 atom stereocenters. The van der Waals surface area contributed by atoms with Crippen LogP contribution in [0.4, 0.5) is 0 Å². The van der Waals surface area contributed by atoms with Crippen LogP contribution in [0.1, 0.15) is 44.1 Å². The number of ether oxygens (including phenoxy) is 1. The second kappa shape index (κ2) is 12.3. The Morgan fingerprint density at radius 3 is 2.70 bits per heavy atom. The van der Waals surface area contributed by atoms with Crippen LogP contribution in [0.25, 0.3) is 6.08 Å². The predicted octanol–water partition coefficient (Wildman–Crippen LogP) is 3.44. The molecule has 7 nitrogen and oxygen atoms in total. The average molecular weight is 451 g/mol. The highest BCUT2D eigenvalue weighted by Gasteiger charge is 2.31. The molecule has 1 heterocycles. The number of rotatable bonds is 12. The zero-order valence-corrected chi connectivity index (χ0v) is 18.5. The summed E-state index contributed by atoms with van der Waals surface area (Å²) in [6, 6.07) is 7.44. The second-order valence-electron chi connectivity index (χ2n) is 6.73. The van der Waals surface area contributed by atoms with Gasteiger partial charge in [0.05, 0.1) is 12.0 Å². The molecule has 1 fully saturated rings. The molecule has 1 aromatic carbocycles. The number of nitrogens with zero attached hydrogens (tertiary/aromatic N) is 1. The minimum Gasteiger partial charge on any atom is -0.496 e. The molecule has 0 bridgehead atoms. The van der Waals surface area contributed by atoms with Crippen molar-refractivity contribution < 1.29 is 24.2 Å². The minimum atomic E-state index is -0.799. The Morgan fingerprint density at radius 2 is 1.97 bits per heavy atom. The van der Waals surface area contributed by atoms with Crippen LogP contribution in [0.15, 0.2) is 29.2 Å². The van der Waals surface area contributed by atoms with Crippen LogP contribution >= 0.6 is 24.0 Å². The lowest BCUT2D eigenvalue weighted by Gasteiger charge is -2.14. The van der Waals surface area contributed by atoms with Gasteiger partial charge in [0.15, 0.2) is 0 Å². The number of thioether (sulfide) groups is 1. The lowest BCUT2D eigenvalue weighted by Crippen LogP contribution is -2.30.